The van der Waals surface area contributed by atoms with Crippen LogP contribution >= 0.6 is 11.3 Å². The van der Waals surface area contributed by atoms with Crippen molar-refractivity contribution in [2.24, 2.45) is 0 Å². The van der Waals surface area contributed by atoms with Gasteiger partial charge in [0.1, 0.15) is 5.82 Å². The van der Waals surface area contributed by atoms with Crippen LogP contribution < -0.4 is 10.9 Å². The lowest BCUT2D eigenvalue weighted by Crippen LogP contribution is -2.15. The van der Waals surface area contributed by atoms with Gasteiger partial charge in [0.15, 0.2) is 0 Å². The number of aromatic nitrogens is 5. The number of aryl methyl sites for hydroxylation is 1. The Bertz CT molecular complexity index is 1030. The molecule has 0 spiro atoms. The molecule has 4 rings (SSSR count). The first-order valence-electron chi connectivity index (χ1n) is 7.19. The van der Waals surface area contributed by atoms with Gasteiger partial charge in [0.25, 0.3) is 5.56 Å². The third-order valence-electron chi connectivity index (χ3n) is 3.53. The van der Waals surface area contributed by atoms with Gasteiger partial charge in [0, 0.05) is 11.8 Å². The molecule has 0 aliphatic rings. The van der Waals surface area contributed by atoms with Crippen LogP contribution in [0.25, 0.3) is 16.0 Å². The Hall–Kier alpha value is -2.74. The van der Waals surface area contributed by atoms with E-state index in [1.807, 2.05) is 31.2 Å². The molecular weight excluding hydrogens is 312 g/mol. The maximum Gasteiger partial charge on any atom is 0.275 e. The normalized spacial score (nSPS) is 12.8. The number of nitrogens with zero attached hydrogens (tertiary/aromatic N) is 4. The van der Waals surface area contributed by atoms with Crippen molar-refractivity contribution in [2.45, 2.75) is 19.9 Å². The van der Waals surface area contributed by atoms with Crippen LogP contribution in [0, 0.1) is 6.92 Å². The maximum absolute atomic E-state index is 11.9. The fourth-order valence-electron chi connectivity index (χ4n) is 2.41. The summed E-state index contributed by atoms with van der Waals surface area (Å²) in [6.07, 6.45) is 0. The number of rotatable bonds is 3. The largest absolute Gasteiger partial charge is 0.350 e. The highest BCUT2D eigenvalue weighted by Gasteiger charge is 2.14. The van der Waals surface area contributed by atoms with Gasteiger partial charge < -0.3 is 10.3 Å². The number of H-pyrrole nitrogens is 1. The van der Waals surface area contributed by atoms with Crippen LogP contribution in [-0.2, 0) is 0 Å². The third-order valence-corrected chi connectivity index (χ3v) is 4.37. The van der Waals surface area contributed by atoms with Crippen LogP contribution in [0.4, 0.5) is 5.13 Å². The molecule has 3 heterocycles. The van der Waals surface area contributed by atoms with Gasteiger partial charge in [-0.15, -0.1) is 5.10 Å². The van der Waals surface area contributed by atoms with E-state index in [9.17, 15) is 4.79 Å². The smallest absolute Gasteiger partial charge is 0.275 e. The van der Waals surface area contributed by atoms with E-state index in [0.717, 1.165) is 16.9 Å². The topological polar surface area (TPSA) is 88.0 Å². The lowest BCUT2D eigenvalue weighted by molar-refractivity contribution is 0.799. The van der Waals surface area contributed by atoms with Crippen molar-refractivity contribution in [3.05, 3.63) is 52.2 Å². The average molecular weight is 326 g/mol. The number of benzene rings is 1. The van der Waals surface area contributed by atoms with Gasteiger partial charge in [0.05, 0.1) is 17.1 Å². The van der Waals surface area contributed by atoms with Crippen molar-refractivity contribution in [1.29, 1.82) is 0 Å². The summed E-state index contributed by atoms with van der Waals surface area (Å²) in [4.78, 5) is 24.7. The van der Waals surface area contributed by atoms with E-state index in [2.05, 4.69) is 25.4 Å². The SMILES string of the molecule is Cc1cc(=O)n2nc(NC(C)c3nc4ccccc4[nH]3)sc2n1. The molecule has 0 fully saturated rings. The molecule has 0 radical (unpaired) electrons. The average Bonchev–Trinajstić information content (AvgIpc) is 3.10. The lowest BCUT2D eigenvalue weighted by Gasteiger charge is -2.08. The first-order valence-corrected chi connectivity index (χ1v) is 8.00. The summed E-state index contributed by atoms with van der Waals surface area (Å²) in [5.41, 5.74) is 2.44. The molecule has 0 saturated carbocycles. The monoisotopic (exact) mass is 326 g/mol. The Morgan fingerprint density at radius 1 is 1.30 bits per heavy atom. The van der Waals surface area contributed by atoms with E-state index in [4.69, 9.17) is 0 Å². The zero-order valence-electron chi connectivity index (χ0n) is 12.6. The number of anilines is 1. The van der Waals surface area contributed by atoms with E-state index in [1.54, 1.807) is 6.92 Å². The van der Waals surface area contributed by atoms with Gasteiger partial charge >= 0.3 is 0 Å². The van der Waals surface area contributed by atoms with Crippen LogP contribution in [-0.4, -0.2) is 24.6 Å². The minimum atomic E-state index is -0.173. The molecule has 0 bridgehead atoms. The van der Waals surface area contributed by atoms with Crippen LogP contribution in [0.2, 0.25) is 0 Å². The first-order chi connectivity index (χ1) is 11.1. The third kappa shape index (κ3) is 2.46. The van der Waals surface area contributed by atoms with Crippen LogP contribution in [0.3, 0.4) is 0 Å². The Labute approximate surface area is 135 Å². The summed E-state index contributed by atoms with van der Waals surface area (Å²) in [5.74, 6) is 0.821. The predicted molar refractivity (Wildman–Crippen MR) is 90.0 cm³/mol. The minimum absolute atomic E-state index is 0.0697. The zero-order valence-corrected chi connectivity index (χ0v) is 13.4. The molecule has 1 unspecified atom stereocenters. The maximum atomic E-state index is 11.9. The van der Waals surface area contributed by atoms with E-state index < -0.39 is 0 Å². The molecule has 1 aromatic carbocycles. The van der Waals surface area contributed by atoms with Gasteiger partial charge in [0.2, 0.25) is 10.1 Å². The highest BCUT2D eigenvalue weighted by molar-refractivity contribution is 7.20. The number of nitrogens with one attached hydrogen (secondary N) is 2. The van der Waals surface area contributed by atoms with Gasteiger partial charge in [-0.2, -0.15) is 4.52 Å². The summed E-state index contributed by atoms with van der Waals surface area (Å²) in [7, 11) is 0. The fraction of sp³-hybridized carbons (Fsp3) is 0.200. The van der Waals surface area contributed by atoms with Gasteiger partial charge in [-0.3, -0.25) is 4.79 Å². The Balaban J connectivity index is 1.66. The molecule has 0 amide bonds. The summed E-state index contributed by atoms with van der Waals surface area (Å²) in [6, 6.07) is 9.28. The number of fused-ring (bicyclic) bond motifs is 2. The Morgan fingerprint density at radius 2 is 2.13 bits per heavy atom. The molecule has 0 aliphatic carbocycles. The second kappa shape index (κ2) is 5.17. The van der Waals surface area contributed by atoms with Crippen molar-refractivity contribution < 1.29 is 0 Å². The molecule has 8 heteroatoms. The number of para-hydroxylation sites is 2. The van der Waals surface area contributed by atoms with Crippen molar-refractivity contribution in [2.75, 3.05) is 5.32 Å². The van der Waals surface area contributed by atoms with Crippen molar-refractivity contribution >= 4 is 32.5 Å². The van der Waals surface area contributed by atoms with E-state index >= 15 is 0 Å². The molecule has 116 valence electrons. The highest BCUT2D eigenvalue weighted by Crippen LogP contribution is 2.23. The lowest BCUT2D eigenvalue weighted by atomic mass is 10.3. The molecule has 0 aliphatic heterocycles. The fourth-order valence-corrected chi connectivity index (χ4v) is 3.35. The molecule has 7 nitrogen and oxygen atoms in total. The number of hydrogen-bond acceptors (Lipinski definition) is 6. The molecule has 1 atom stereocenters. The minimum Gasteiger partial charge on any atom is -0.350 e. The number of imidazole rings is 1. The van der Waals surface area contributed by atoms with Gasteiger partial charge in [-0.1, -0.05) is 23.5 Å². The summed E-state index contributed by atoms with van der Waals surface area (Å²) in [6.45, 7) is 3.79. The Morgan fingerprint density at radius 3 is 2.96 bits per heavy atom. The molecule has 0 saturated heterocycles. The summed E-state index contributed by atoms with van der Waals surface area (Å²) in [5, 5.41) is 8.18. The number of aromatic amines is 1. The van der Waals surface area contributed by atoms with E-state index in [-0.39, 0.29) is 11.6 Å². The second-order valence-electron chi connectivity index (χ2n) is 5.34. The van der Waals surface area contributed by atoms with Crippen LogP contribution in [0.15, 0.2) is 35.1 Å². The van der Waals surface area contributed by atoms with Gasteiger partial charge in [-0.25, -0.2) is 9.97 Å². The molecule has 3 aromatic heterocycles. The van der Waals surface area contributed by atoms with Gasteiger partial charge in [-0.05, 0) is 26.0 Å². The highest BCUT2D eigenvalue weighted by atomic mass is 32.1. The molecular formula is C15H14N6OS. The molecule has 2 N–H and O–H groups in total. The van der Waals surface area contributed by atoms with Crippen LogP contribution in [0.1, 0.15) is 24.5 Å². The van der Waals surface area contributed by atoms with Crippen molar-refractivity contribution in [3.63, 3.8) is 0 Å². The summed E-state index contributed by atoms with van der Waals surface area (Å²) < 4.78 is 1.31. The van der Waals surface area contributed by atoms with Crippen molar-refractivity contribution in [3.8, 4) is 0 Å². The molecule has 4 aromatic rings. The van der Waals surface area contributed by atoms with Crippen molar-refractivity contribution in [1.82, 2.24) is 24.6 Å². The number of hydrogen-bond donors (Lipinski definition) is 2. The van der Waals surface area contributed by atoms with E-state index in [0.29, 0.717) is 15.8 Å². The van der Waals surface area contributed by atoms with Crippen LogP contribution in [0.5, 0.6) is 0 Å². The second-order valence-corrected chi connectivity index (χ2v) is 6.30. The Kier molecular flexibility index (Phi) is 3.12. The standard InChI is InChI=1S/C15H14N6OS/c1-8-7-12(22)21-15(16-8)23-14(20-21)17-9(2)13-18-10-5-3-4-6-11(10)19-13/h3-7,9H,1-2H3,(H,17,20)(H,18,19). The predicted octanol–water partition coefficient (Wildman–Crippen LogP) is 2.51. The zero-order chi connectivity index (χ0) is 16.0. The first kappa shape index (κ1) is 13.9. The van der Waals surface area contributed by atoms with E-state index in [1.165, 1.54) is 21.9 Å². The summed E-state index contributed by atoms with van der Waals surface area (Å²) >= 11 is 1.34. The quantitative estimate of drug-likeness (QED) is 0.604. The molecule has 23 heavy (non-hydrogen) atoms.